The molecule has 2 rings (SSSR count). The van der Waals surface area contributed by atoms with Crippen molar-refractivity contribution in [1.82, 2.24) is 4.98 Å². The molecule has 0 atom stereocenters. The Morgan fingerprint density at radius 3 is 2.20 bits per heavy atom. The van der Waals surface area contributed by atoms with Gasteiger partial charge in [0.25, 0.3) is 0 Å². The van der Waals surface area contributed by atoms with Crippen LogP contribution in [0.1, 0.15) is 5.56 Å². The molecule has 2 aromatic rings. The van der Waals surface area contributed by atoms with Gasteiger partial charge in [0.1, 0.15) is 0 Å². The summed E-state index contributed by atoms with van der Waals surface area (Å²) in [5.41, 5.74) is 0.838. The van der Waals surface area contributed by atoms with Gasteiger partial charge in [0.05, 0.1) is 21.3 Å². The summed E-state index contributed by atoms with van der Waals surface area (Å²) in [4.78, 5) is 8.42. The second-order valence-electron chi connectivity index (χ2n) is 3.90. The Morgan fingerprint density at radius 1 is 1.00 bits per heavy atom. The molecule has 1 aromatic heterocycles. The Balaban J connectivity index is 2.35. The van der Waals surface area contributed by atoms with Gasteiger partial charge in [0.15, 0.2) is 17.3 Å². The summed E-state index contributed by atoms with van der Waals surface area (Å²) in [7, 11) is 4.73. The molecule has 0 unspecified atom stereocenters. The van der Waals surface area contributed by atoms with Crippen molar-refractivity contribution in [1.29, 1.82) is 0 Å². The number of nitrogens with zero attached hydrogens (tertiary/aromatic N) is 2. The van der Waals surface area contributed by atoms with Crippen molar-refractivity contribution in [3.8, 4) is 17.2 Å². The van der Waals surface area contributed by atoms with Gasteiger partial charge in [-0.05, 0) is 24.3 Å². The summed E-state index contributed by atoms with van der Waals surface area (Å²) in [5, 5.41) is 0. The van der Waals surface area contributed by atoms with Gasteiger partial charge in [0.2, 0.25) is 5.75 Å². The van der Waals surface area contributed by atoms with Gasteiger partial charge in [-0.2, -0.15) is 0 Å². The summed E-state index contributed by atoms with van der Waals surface area (Å²) in [6, 6.07) is 9.21. The second kappa shape index (κ2) is 6.56. The molecule has 0 bridgehead atoms. The lowest BCUT2D eigenvalue weighted by Gasteiger charge is -2.12. The highest BCUT2D eigenvalue weighted by atomic mass is 16.5. The molecule has 0 saturated carbocycles. The number of rotatable bonds is 5. The van der Waals surface area contributed by atoms with Crippen LogP contribution in [0.5, 0.6) is 17.2 Å². The van der Waals surface area contributed by atoms with Crippen LogP contribution in [-0.4, -0.2) is 32.5 Å². The molecule has 5 nitrogen and oxygen atoms in total. The summed E-state index contributed by atoms with van der Waals surface area (Å²) in [6.07, 6.45) is 3.40. The van der Waals surface area contributed by atoms with E-state index in [0.29, 0.717) is 23.1 Å². The van der Waals surface area contributed by atoms with E-state index in [1.807, 2.05) is 30.3 Å². The van der Waals surface area contributed by atoms with Gasteiger partial charge >= 0.3 is 0 Å². The van der Waals surface area contributed by atoms with Crippen LogP contribution in [-0.2, 0) is 0 Å². The first-order valence-corrected chi connectivity index (χ1v) is 6.03. The number of aromatic nitrogens is 1. The molecule has 0 radical (unpaired) electrons. The average Bonchev–Trinajstić information content (AvgIpc) is 2.52. The van der Waals surface area contributed by atoms with Crippen LogP contribution >= 0.6 is 0 Å². The zero-order valence-corrected chi connectivity index (χ0v) is 11.7. The SMILES string of the molecule is COc1cc(/C=N/c2ccccn2)cc(OC)c1OC. The Labute approximate surface area is 117 Å². The van der Waals surface area contributed by atoms with Crippen molar-refractivity contribution in [3.63, 3.8) is 0 Å². The zero-order valence-electron chi connectivity index (χ0n) is 11.7. The lowest BCUT2D eigenvalue weighted by molar-refractivity contribution is 0.324. The van der Waals surface area contributed by atoms with Gasteiger partial charge in [-0.15, -0.1) is 0 Å². The molecule has 1 aromatic carbocycles. The largest absolute Gasteiger partial charge is 0.493 e. The van der Waals surface area contributed by atoms with Gasteiger partial charge < -0.3 is 14.2 Å². The van der Waals surface area contributed by atoms with Crippen molar-refractivity contribution < 1.29 is 14.2 Å². The van der Waals surface area contributed by atoms with Gasteiger partial charge in [0, 0.05) is 18.0 Å². The third-order valence-electron chi connectivity index (χ3n) is 2.68. The number of ether oxygens (including phenoxy) is 3. The Hall–Kier alpha value is -2.56. The summed E-state index contributed by atoms with van der Waals surface area (Å²) >= 11 is 0. The van der Waals surface area contributed by atoms with Crippen LogP contribution in [0.15, 0.2) is 41.5 Å². The molecule has 0 amide bonds. The van der Waals surface area contributed by atoms with Crippen LogP contribution in [0.3, 0.4) is 0 Å². The fourth-order valence-corrected chi connectivity index (χ4v) is 1.75. The normalized spacial score (nSPS) is 10.6. The molecule has 104 valence electrons. The van der Waals surface area contributed by atoms with Crippen LogP contribution in [0.25, 0.3) is 0 Å². The highest BCUT2D eigenvalue weighted by Crippen LogP contribution is 2.37. The highest BCUT2D eigenvalue weighted by molar-refractivity contribution is 5.84. The van der Waals surface area contributed by atoms with E-state index in [1.54, 1.807) is 33.7 Å². The monoisotopic (exact) mass is 272 g/mol. The molecule has 0 aliphatic rings. The molecule has 1 heterocycles. The van der Waals surface area contributed by atoms with Crippen molar-refractivity contribution in [3.05, 3.63) is 42.1 Å². The molecular formula is C15H16N2O3. The van der Waals surface area contributed by atoms with E-state index in [0.717, 1.165) is 5.56 Å². The lowest BCUT2D eigenvalue weighted by Crippen LogP contribution is -1.96. The molecule has 0 aliphatic carbocycles. The minimum atomic E-state index is 0.560. The van der Waals surface area contributed by atoms with Crippen LogP contribution < -0.4 is 14.2 Å². The highest BCUT2D eigenvalue weighted by Gasteiger charge is 2.12. The third kappa shape index (κ3) is 3.06. The molecular weight excluding hydrogens is 256 g/mol. The summed E-state index contributed by atoms with van der Waals surface area (Å²) < 4.78 is 15.8. The van der Waals surface area contributed by atoms with Crippen molar-refractivity contribution in [2.24, 2.45) is 4.99 Å². The molecule has 5 heteroatoms. The third-order valence-corrected chi connectivity index (χ3v) is 2.68. The first-order valence-electron chi connectivity index (χ1n) is 6.03. The quantitative estimate of drug-likeness (QED) is 0.785. The van der Waals surface area contributed by atoms with E-state index in [9.17, 15) is 0 Å². The maximum absolute atomic E-state index is 5.29. The standard InChI is InChI=1S/C15H16N2O3/c1-18-12-8-11(9-13(19-2)15(12)20-3)10-17-14-6-4-5-7-16-14/h4-10H,1-3H3/b17-10+. The summed E-state index contributed by atoms with van der Waals surface area (Å²) in [5.74, 6) is 2.38. The predicted molar refractivity (Wildman–Crippen MR) is 77.6 cm³/mol. The number of hydrogen-bond acceptors (Lipinski definition) is 5. The lowest BCUT2D eigenvalue weighted by atomic mass is 10.2. The van der Waals surface area contributed by atoms with Gasteiger partial charge in [-0.3, -0.25) is 0 Å². The second-order valence-corrected chi connectivity index (χ2v) is 3.90. The molecule has 20 heavy (non-hydrogen) atoms. The van der Waals surface area contributed by atoms with E-state index < -0.39 is 0 Å². The fourth-order valence-electron chi connectivity index (χ4n) is 1.75. The first kappa shape index (κ1) is 13.9. The minimum Gasteiger partial charge on any atom is -0.493 e. The molecule has 0 saturated heterocycles. The van der Waals surface area contributed by atoms with E-state index in [-0.39, 0.29) is 0 Å². The van der Waals surface area contributed by atoms with E-state index in [1.165, 1.54) is 0 Å². The van der Waals surface area contributed by atoms with E-state index >= 15 is 0 Å². The van der Waals surface area contributed by atoms with Crippen molar-refractivity contribution >= 4 is 12.0 Å². The smallest absolute Gasteiger partial charge is 0.203 e. The Bertz CT molecular complexity index is 572. The predicted octanol–water partition coefficient (Wildman–Crippen LogP) is 2.86. The van der Waals surface area contributed by atoms with Crippen molar-refractivity contribution in [2.75, 3.05) is 21.3 Å². The molecule has 0 fully saturated rings. The number of aliphatic imine (C=N–C) groups is 1. The van der Waals surface area contributed by atoms with E-state index in [4.69, 9.17) is 14.2 Å². The fraction of sp³-hybridized carbons (Fsp3) is 0.200. The van der Waals surface area contributed by atoms with Gasteiger partial charge in [-0.25, -0.2) is 9.98 Å². The number of hydrogen-bond donors (Lipinski definition) is 0. The Kier molecular flexibility index (Phi) is 4.55. The number of methoxy groups -OCH3 is 3. The topological polar surface area (TPSA) is 52.9 Å². The zero-order chi connectivity index (χ0) is 14.4. The van der Waals surface area contributed by atoms with Crippen LogP contribution in [0.2, 0.25) is 0 Å². The maximum Gasteiger partial charge on any atom is 0.203 e. The number of pyridine rings is 1. The van der Waals surface area contributed by atoms with Crippen molar-refractivity contribution in [2.45, 2.75) is 0 Å². The van der Waals surface area contributed by atoms with Gasteiger partial charge in [-0.1, -0.05) is 6.07 Å². The summed E-state index contributed by atoms with van der Waals surface area (Å²) in [6.45, 7) is 0. The first-order chi connectivity index (χ1) is 9.78. The maximum atomic E-state index is 5.29. The van der Waals surface area contributed by atoms with Crippen LogP contribution in [0.4, 0.5) is 5.82 Å². The Morgan fingerprint density at radius 2 is 1.70 bits per heavy atom. The molecule has 0 aliphatic heterocycles. The number of benzene rings is 1. The molecule has 0 spiro atoms. The minimum absolute atomic E-state index is 0.560. The van der Waals surface area contributed by atoms with Crippen LogP contribution in [0, 0.1) is 0 Å². The van der Waals surface area contributed by atoms with E-state index in [2.05, 4.69) is 9.98 Å². The average molecular weight is 272 g/mol. The molecule has 0 N–H and O–H groups in total.